The molecule has 2 aromatic heterocycles. The molecule has 1 aliphatic rings. The summed E-state index contributed by atoms with van der Waals surface area (Å²) in [5.74, 6) is -0.167. The molecule has 33 heavy (non-hydrogen) atoms. The first-order valence-electron chi connectivity index (χ1n) is 11.0. The van der Waals surface area contributed by atoms with Crippen LogP contribution in [0.25, 0.3) is 16.6 Å². The number of rotatable bonds is 5. The van der Waals surface area contributed by atoms with Gasteiger partial charge < -0.3 is 10.6 Å². The lowest BCUT2D eigenvalue weighted by molar-refractivity contribution is -0.135. The van der Waals surface area contributed by atoms with Gasteiger partial charge in [0.05, 0.1) is 5.52 Å². The number of fused-ring (bicyclic) bond motifs is 3. The minimum atomic E-state index is -0.394. The van der Waals surface area contributed by atoms with E-state index in [0.29, 0.717) is 43.8 Å². The summed E-state index contributed by atoms with van der Waals surface area (Å²) in [7, 11) is 0. The number of amides is 2. The van der Waals surface area contributed by atoms with E-state index in [2.05, 4.69) is 5.10 Å². The molecule has 168 valence electrons. The second kappa shape index (κ2) is 8.50. The van der Waals surface area contributed by atoms with Crippen molar-refractivity contribution >= 4 is 28.4 Å². The maximum absolute atomic E-state index is 13.3. The van der Waals surface area contributed by atoms with Crippen LogP contribution in [0.4, 0.5) is 0 Å². The zero-order valence-electron chi connectivity index (χ0n) is 18.1. The van der Waals surface area contributed by atoms with Crippen molar-refractivity contribution in [3.63, 3.8) is 0 Å². The van der Waals surface area contributed by atoms with Gasteiger partial charge in [-0.3, -0.25) is 9.59 Å². The van der Waals surface area contributed by atoms with Gasteiger partial charge in [-0.25, -0.2) is 18.9 Å². The van der Waals surface area contributed by atoms with Crippen molar-refractivity contribution in [2.45, 2.75) is 25.8 Å². The van der Waals surface area contributed by atoms with Crippen molar-refractivity contribution in [2.75, 3.05) is 13.1 Å². The van der Waals surface area contributed by atoms with Crippen molar-refractivity contribution in [2.24, 2.45) is 11.7 Å². The molecule has 2 N–H and O–H groups in total. The van der Waals surface area contributed by atoms with Crippen molar-refractivity contribution in [1.29, 1.82) is 0 Å². The normalized spacial score (nSPS) is 14.7. The van der Waals surface area contributed by atoms with Crippen LogP contribution in [0.1, 0.15) is 24.2 Å². The molecular weight excluding hydrogens is 420 g/mol. The molecule has 0 saturated carbocycles. The Morgan fingerprint density at radius 3 is 2.42 bits per heavy atom. The number of carbonyl (C=O) groups excluding carboxylic acids is 2. The van der Waals surface area contributed by atoms with Gasteiger partial charge in [0.25, 0.3) is 0 Å². The molecule has 9 heteroatoms. The molecule has 4 aromatic rings. The molecule has 0 unspecified atom stereocenters. The van der Waals surface area contributed by atoms with Crippen molar-refractivity contribution < 1.29 is 9.59 Å². The molecule has 0 aliphatic carbocycles. The van der Waals surface area contributed by atoms with Crippen LogP contribution >= 0.6 is 0 Å². The van der Waals surface area contributed by atoms with Gasteiger partial charge in [0.1, 0.15) is 12.4 Å². The minimum absolute atomic E-state index is 0.166. The van der Waals surface area contributed by atoms with Crippen LogP contribution in [0.3, 0.4) is 0 Å². The van der Waals surface area contributed by atoms with Gasteiger partial charge in [0, 0.05) is 30.8 Å². The van der Waals surface area contributed by atoms with Crippen molar-refractivity contribution in [3.05, 3.63) is 76.5 Å². The van der Waals surface area contributed by atoms with E-state index in [4.69, 9.17) is 10.7 Å². The van der Waals surface area contributed by atoms with Gasteiger partial charge in [0.2, 0.25) is 11.8 Å². The standard InChI is InChI=1S/C24H24N6O3/c25-22(32)17-10-12-28(13-11-17)21(31)15-29-24(33)30-20(14-16-6-2-1-3-7-16)26-19-9-5-4-8-18(19)23(30)27-29/h1-9,17H,10-15H2,(H2,25,32). The Bertz CT molecular complexity index is 1400. The van der Waals surface area contributed by atoms with E-state index in [1.165, 1.54) is 9.08 Å². The van der Waals surface area contributed by atoms with E-state index in [1.54, 1.807) is 4.90 Å². The Kier molecular flexibility index (Phi) is 5.37. The molecule has 0 spiro atoms. The largest absolute Gasteiger partial charge is 0.369 e. The summed E-state index contributed by atoms with van der Waals surface area (Å²) in [5, 5.41) is 5.28. The van der Waals surface area contributed by atoms with Crippen LogP contribution < -0.4 is 11.4 Å². The third-order valence-corrected chi connectivity index (χ3v) is 6.23. The Balaban J connectivity index is 1.50. The number of hydrogen-bond acceptors (Lipinski definition) is 5. The van der Waals surface area contributed by atoms with E-state index >= 15 is 0 Å². The third kappa shape index (κ3) is 3.97. The lowest BCUT2D eigenvalue weighted by Crippen LogP contribution is -2.44. The van der Waals surface area contributed by atoms with Crippen molar-refractivity contribution in [3.8, 4) is 0 Å². The summed E-state index contributed by atoms with van der Waals surface area (Å²) < 4.78 is 2.71. The third-order valence-electron chi connectivity index (χ3n) is 6.23. The van der Waals surface area contributed by atoms with Crippen LogP contribution in [0.2, 0.25) is 0 Å². The van der Waals surface area contributed by atoms with E-state index in [1.807, 2.05) is 54.6 Å². The number of nitrogens with zero attached hydrogens (tertiary/aromatic N) is 5. The Morgan fingerprint density at radius 2 is 1.70 bits per heavy atom. The highest BCUT2D eigenvalue weighted by atomic mass is 16.2. The summed E-state index contributed by atoms with van der Waals surface area (Å²) in [4.78, 5) is 44.0. The van der Waals surface area contributed by atoms with Crippen LogP contribution in [0.15, 0.2) is 59.4 Å². The zero-order valence-corrected chi connectivity index (χ0v) is 18.1. The van der Waals surface area contributed by atoms with E-state index in [0.717, 1.165) is 16.5 Å². The van der Waals surface area contributed by atoms with Gasteiger partial charge in [-0.15, -0.1) is 5.10 Å². The first-order chi connectivity index (χ1) is 16.0. The number of nitrogens with two attached hydrogens (primary N) is 1. The average molecular weight is 444 g/mol. The molecule has 9 nitrogen and oxygen atoms in total. The number of likely N-dealkylation sites (tertiary alicyclic amines) is 1. The molecule has 1 aliphatic heterocycles. The highest BCUT2D eigenvalue weighted by Gasteiger charge is 2.27. The Morgan fingerprint density at radius 1 is 1.00 bits per heavy atom. The summed E-state index contributed by atoms with van der Waals surface area (Å²) in [6.45, 7) is 0.720. The highest BCUT2D eigenvalue weighted by Crippen LogP contribution is 2.20. The van der Waals surface area contributed by atoms with E-state index in [9.17, 15) is 14.4 Å². The molecule has 0 radical (unpaired) electrons. The SMILES string of the molecule is NC(=O)C1CCN(C(=O)Cn2nc3c4ccccc4nc(Cc4ccccc4)n3c2=O)CC1. The fraction of sp³-hybridized carbons (Fsp3) is 0.292. The molecule has 0 atom stereocenters. The molecule has 2 amide bonds. The number of benzene rings is 2. The maximum Gasteiger partial charge on any atom is 0.352 e. The summed E-state index contributed by atoms with van der Waals surface area (Å²) in [6.07, 6.45) is 1.54. The molecule has 1 fully saturated rings. The average Bonchev–Trinajstić information content (AvgIpc) is 3.16. The van der Waals surface area contributed by atoms with Gasteiger partial charge >= 0.3 is 5.69 Å². The number of hydrogen-bond donors (Lipinski definition) is 1. The highest BCUT2D eigenvalue weighted by molar-refractivity contribution is 5.91. The fourth-order valence-corrected chi connectivity index (χ4v) is 4.41. The monoisotopic (exact) mass is 444 g/mol. The molecule has 0 bridgehead atoms. The van der Waals surface area contributed by atoms with Crippen LogP contribution in [-0.2, 0) is 22.6 Å². The predicted octanol–water partition coefficient (Wildman–Crippen LogP) is 1.36. The molecule has 1 saturated heterocycles. The predicted molar refractivity (Wildman–Crippen MR) is 122 cm³/mol. The smallest absolute Gasteiger partial charge is 0.352 e. The number of para-hydroxylation sites is 1. The topological polar surface area (TPSA) is 116 Å². The summed E-state index contributed by atoms with van der Waals surface area (Å²) >= 11 is 0. The lowest BCUT2D eigenvalue weighted by Gasteiger charge is -2.30. The zero-order chi connectivity index (χ0) is 22.9. The van der Waals surface area contributed by atoms with Gasteiger partial charge in [0.15, 0.2) is 5.65 Å². The van der Waals surface area contributed by atoms with Gasteiger partial charge in [-0.1, -0.05) is 42.5 Å². The molecule has 2 aromatic carbocycles. The molecular formula is C24H24N6O3. The van der Waals surface area contributed by atoms with Crippen molar-refractivity contribution in [1.82, 2.24) is 24.1 Å². The number of carbonyl (C=O) groups is 2. The maximum atomic E-state index is 13.3. The second-order valence-corrected chi connectivity index (χ2v) is 8.36. The first kappa shape index (κ1) is 20.9. The molecule has 3 heterocycles. The summed E-state index contributed by atoms with van der Waals surface area (Å²) in [6, 6.07) is 17.3. The van der Waals surface area contributed by atoms with Crippen LogP contribution in [0.5, 0.6) is 0 Å². The second-order valence-electron chi connectivity index (χ2n) is 8.36. The Hall–Kier alpha value is -4.01. The molecule has 5 rings (SSSR count). The quantitative estimate of drug-likeness (QED) is 0.499. The van der Waals surface area contributed by atoms with E-state index in [-0.39, 0.29) is 24.3 Å². The van der Waals surface area contributed by atoms with E-state index < -0.39 is 5.69 Å². The lowest BCUT2D eigenvalue weighted by atomic mass is 9.96. The fourth-order valence-electron chi connectivity index (χ4n) is 4.41. The van der Waals surface area contributed by atoms with Gasteiger partial charge in [-0.05, 0) is 30.5 Å². The van der Waals surface area contributed by atoms with Crippen LogP contribution in [0, 0.1) is 5.92 Å². The number of aromatic nitrogens is 4. The number of primary amides is 1. The van der Waals surface area contributed by atoms with Crippen LogP contribution in [-0.4, -0.2) is 49.0 Å². The first-order valence-corrected chi connectivity index (χ1v) is 11.0. The minimum Gasteiger partial charge on any atom is -0.369 e. The summed E-state index contributed by atoms with van der Waals surface area (Å²) in [5.41, 5.74) is 7.24. The Labute approximate surface area is 189 Å². The van der Waals surface area contributed by atoms with Gasteiger partial charge in [-0.2, -0.15) is 0 Å². The number of piperidine rings is 1.